The summed E-state index contributed by atoms with van der Waals surface area (Å²) in [6, 6.07) is 0.535. The molecule has 0 amide bonds. The van der Waals surface area contributed by atoms with E-state index in [1.165, 1.54) is 4.31 Å². The van der Waals surface area contributed by atoms with E-state index in [2.05, 4.69) is 20.3 Å². The second-order valence-electron chi connectivity index (χ2n) is 8.74. The van der Waals surface area contributed by atoms with E-state index in [1.807, 2.05) is 11.5 Å². The van der Waals surface area contributed by atoms with Gasteiger partial charge in [0.05, 0.1) is 36.2 Å². The van der Waals surface area contributed by atoms with E-state index in [4.69, 9.17) is 4.74 Å². The smallest absolute Gasteiger partial charge is 0.223 e. The van der Waals surface area contributed by atoms with Crippen molar-refractivity contribution in [1.29, 1.82) is 0 Å². The van der Waals surface area contributed by atoms with Crippen molar-refractivity contribution in [3.63, 3.8) is 0 Å². The Labute approximate surface area is 194 Å². The summed E-state index contributed by atoms with van der Waals surface area (Å²) in [5.74, 6) is -0.444. The lowest BCUT2D eigenvalue weighted by Gasteiger charge is -2.34. The molecule has 0 bridgehead atoms. The first kappa shape index (κ1) is 22.9. The van der Waals surface area contributed by atoms with Crippen LogP contribution in [0.5, 0.6) is 5.75 Å². The molecule has 4 heterocycles. The van der Waals surface area contributed by atoms with E-state index in [0.29, 0.717) is 30.1 Å². The van der Waals surface area contributed by atoms with E-state index >= 15 is 0 Å². The molecule has 2 aromatic heterocycles. The minimum atomic E-state index is -3.43. The maximum atomic E-state index is 15.0. The van der Waals surface area contributed by atoms with Gasteiger partial charge in [-0.05, 0) is 26.3 Å². The van der Waals surface area contributed by atoms with Crippen LogP contribution >= 0.6 is 0 Å². The number of rotatable bonds is 4. The number of benzene rings is 1. The summed E-state index contributed by atoms with van der Waals surface area (Å²) in [6.07, 6.45) is 1.33. The van der Waals surface area contributed by atoms with E-state index in [1.54, 1.807) is 6.92 Å². The van der Waals surface area contributed by atoms with Crippen LogP contribution in [0.2, 0.25) is 0 Å². The molecule has 1 fully saturated rings. The van der Waals surface area contributed by atoms with Crippen molar-refractivity contribution in [2.45, 2.75) is 38.5 Å². The lowest BCUT2D eigenvalue weighted by atomic mass is 10.0. The molecule has 3 aromatic rings. The number of aliphatic hydroxyl groups is 1. The molecular weight excluding hydrogens is 470 g/mol. The highest BCUT2D eigenvalue weighted by atomic mass is 32.2. The third kappa shape index (κ3) is 3.77. The first-order valence-electron chi connectivity index (χ1n) is 10.8. The summed E-state index contributed by atoms with van der Waals surface area (Å²) < 4.78 is 62.3. The molecule has 34 heavy (non-hydrogen) atoms. The van der Waals surface area contributed by atoms with Crippen molar-refractivity contribution in [2.24, 2.45) is 0 Å². The summed E-state index contributed by atoms with van der Waals surface area (Å²) in [5.41, 5.74) is 0.573. The second-order valence-corrected chi connectivity index (χ2v) is 10.7. The Kier molecular flexibility index (Phi) is 5.45. The number of aryl methyl sites for hydroxylation is 1. The molecule has 1 aromatic carbocycles. The van der Waals surface area contributed by atoms with Gasteiger partial charge in [0.1, 0.15) is 29.2 Å². The number of halogens is 2. The van der Waals surface area contributed by atoms with Gasteiger partial charge in [-0.1, -0.05) is 0 Å². The van der Waals surface area contributed by atoms with E-state index in [9.17, 15) is 22.3 Å². The Morgan fingerprint density at radius 3 is 2.74 bits per heavy atom. The minimum Gasteiger partial charge on any atom is -0.488 e. The van der Waals surface area contributed by atoms with Crippen LogP contribution in [-0.2, 0) is 10.0 Å². The molecule has 0 radical (unpaired) electrons. The predicted molar refractivity (Wildman–Crippen MR) is 120 cm³/mol. The van der Waals surface area contributed by atoms with Crippen LogP contribution < -0.4 is 10.1 Å². The van der Waals surface area contributed by atoms with Crippen molar-refractivity contribution < 1.29 is 27.0 Å². The molecule has 3 atom stereocenters. The number of nitrogens with one attached hydrogen (secondary N) is 1. The van der Waals surface area contributed by atoms with E-state index in [0.717, 1.165) is 18.5 Å². The number of sulfonamides is 1. The van der Waals surface area contributed by atoms with Crippen LogP contribution in [0.3, 0.4) is 0 Å². The monoisotopic (exact) mass is 494 g/mol. The normalized spacial score (nSPS) is 23.2. The summed E-state index contributed by atoms with van der Waals surface area (Å²) in [7, 11) is -3.43. The predicted octanol–water partition coefficient (Wildman–Crippen LogP) is 1.84. The van der Waals surface area contributed by atoms with Gasteiger partial charge in [-0.3, -0.25) is 0 Å². The zero-order valence-corrected chi connectivity index (χ0v) is 19.6. The maximum absolute atomic E-state index is 15.0. The van der Waals surface area contributed by atoms with Gasteiger partial charge in [0.2, 0.25) is 16.0 Å². The quantitative estimate of drug-likeness (QED) is 0.564. The van der Waals surface area contributed by atoms with Gasteiger partial charge >= 0.3 is 0 Å². The van der Waals surface area contributed by atoms with Crippen LogP contribution in [0.25, 0.3) is 22.3 Å². The standard InChI is InChI=1S/C21H24F2N6O4S/c1-10-9-33-20-12(6-13(22)18-19(20)29(10)11(2)25-18)17-14(23)7-24-21(27-17)26-15-4-5-28(8-16(15)30)34(3,31)32/h6-7,10,15-16,30H,4-5,8-9H2,1-3H3,(H,24,26,27)/t10-,15+,16+/m0/s1. The zero-order chi connectivity index (χ0) is 24.4. The highest BCUT2D eigenvalue weighted by molar-refractivity contribution is 7.88. The van der Waals surface area contributed by atoms with Gasteiger partial charge < -0.3 is 19.7 Å². The minimum absolute atomic E-state index is 0.0230. The van der Waals surface area contributed by atoms with Gasteiger partial charge in [0.25, 0.3) is 0 Å². The van der Waals surface area contributed by atoms with Crippen molar-refractivity contribution >= 4 is 27.0 Å². The largest absolute Gasteiger partial charge is 0.488 e. The lowest BCUT2D eigenvalue weighted by molar-refractivity contribution is 0.0950. The Bertz CT molecular complexity index is 1400. The molecule has 1 saturated heterocycles. The van der Waals surface area contributed by atoms with Crippen LogP contribution in [0.15, 0.2) is 12.3 Å². The van der Waals surface area contributed by atoms with Crippen molar-refractivity contribution in [3.05, 3.63) is 29.7 Å². The highest BCUT2D eigenvalue weighted by Gasteiger charge is 2.33. The number of β-amino-alcohol motifs (C(OH)–C–C–N with tert-alkyl or cyclic N) is 1. The van der Waals surface area contributed by atoms with Crippen molar-refractivity contribution in [3.8, 4) is 17.0 Å². The fourth-order valence-corrected chi connectivity index (χ4v) is 5.48. The van der Waals surface area contributed by atoms with Crippen LogP contribution in [0.1, 0.15) is 25.2 Å². The number of hydrogen-bond acceptors (Lipinski definition) is 8. The number of ether oxygens (including phenoxy) is 1. The molecule has 2 N–H and O–H groups in total. The fourth-order valence-electron chi connectivity index (χ4n) is 4.62. The first-order valence-corrected chi connectivity index (χ1v) is 12.7. The van der Waals surface area contributed by atoms with Gasteiger partial charge in [-0.15, -0.1) is 0 Å². The second kappa shape index (κ2) is 8.10. The van der Waals surface area contributed by atoms with Gasteiger partial charge in [0.15, 0.2) is 17.4 Å². The summed E-state index contributed by atoms with van der Waals surface area (Å²) in [4.78, 5) is 12.5. The third-order valence-electron chi connectivity index (χ3n) is 6.28. The zero-order valence-electron chi connectivity index (χ0n) is 18.8. The van der Waals surface area contributed by atoms with Crippen LogP contribution in [0.4, 0.5) is 14.7 Å². The molecule has 2 aliphatic rings. The number of piperidine rings is 1. The summed E-state index contributed by atoms with van der Waals surface area (Å²) in [5, 5.41) is 13.4. The Balaban J connectivity index is 1.51. The van der Waals surface area contributed by atoms with Gasteiger partial charge in [-0.2, -0.15) is 4.31 Å². The molecule has 0 spiro atoms. The Hall–Kier alpha value is -2.90. The number of imidazole rings is 1. The third-order valence-corrected chi connectivity index (χ3v) is 7.55. The summed E-state index contributed by atoms with van der Waals surface area (Å²) in [6.45, 7) is 4.14. The molecule has 10 nitrogen and oxygen atoms in total. The van der Waals surface area contributed by atoms with Gasteiger partial charge in [0, 0.05) is 13.1 Å². The lowest BCUT2D eigenvalue weighted by Crippen LogP contribution is -2.51. The van der Waals surface area contributed by atoms with Crippen molar-refractivity contribution in [1.82, 2.24) is 23.8 Å². The SMILES string of the molecule is Cc1nc2c(F)cc(-c3nc(N[C@@H]4CCN(S(C)(=O)=O)C[C@H]4O)ncc3F)c3c2n1[C@@H](C)CO3. The molecule has 0 unspecified atom stereocenters. The average Bonchev–Trinajstić information content (AvgIpc) is 3.13. The Morgan fingerprint density at radius 1 is 1.26 bits per heavy atom. The van der Waals surface area contributed by atoms with Crippen LogP contribution in [-0.4, -0.2) is 75.4 Å². The number of hydrogen-bond donors (Lipinski definition) is 2. The number of anilines is 1. The molecule has 2 aliphatic heterocycles. The van der Waals surface area contributed by atoms with Gasteiger partial charge in [-0.25, -0.2) is 32.2 Å². The number of aromatic nitrogens is 4. The summed E-state index contributed by atoms with van der Waals surface area (Å²) >= 11 is 0. The van der Waals surface area contributed by atoms with E-state index < -0.39 is 33.8 Å². The maximum Gasteiger partial charge on any atom is 0.223 e. The van der Waals surface area contributed by atoms with Crippen molar-refractivity contribution in [2.75, 3.05) is 31.3 Å². The molecular formula is C21H24F2N6O4S. The van der Waals surface area contributed by atoms with Crippen LogP contribution in [0, 0.1) is 18.6 Å². The fraction of sp³-hybridized carbons (Fsp3) is 0.476. The Morgan fingerprint density at radius 2 is 2.03 bits per heavy atom. The molecule has 0 saturated carbocycles. The average molecular weight is 495 g/mol. The molecule has 13 heteroatoms. The highest BCUT2D eigenvalue weighted by Crippen LogP contribution is 2.42. The molecule has 5 rings (SSSR count). The topological polar surface area (TPSA) is 122 Å². The molecule has 182 valence electrons. The molecule has 0 aliphatic carbocycles. The first-order chi connectivity index (χ1) is 16.0. The van der Waals surface area contributed by atoms with E-state index in [-0.39, 0.29) is 41.9 Å². The number of aliphatic hydroxyl groups excluding tert-OH is 1. The number of nitrogens with zero attached hydrogens (tertiary/aromatic N) is 5.